The van der Waals surface area contributed by atoms with E-state index in [9.17, 15) is 0 Å². The number of benzene rings is 2. The first-order valence-corrected chi connectivity index (χ1v) is 3.95. The first-order chi connectivity index (χ1) is 6.86. The van der Waals surface area contributed by atoms with Crippen molar-refractivity contribution < 1.29 is 2.74 Å². The lowest BCUT2D eigenvalue weighted by molar-refractivity contribution is 1.46. The van der Waals surface area contributed by atoms with Crippen molar-refractivity contribution in [2.45, 2.75) is 13.8 Å². The Morgan fingerprint density at radius 2 is 1.50 bits per heavy atom. The molecule has 0 bridgehead atoms. The molecule has 2 aromatic carbocycles. The minimum Gasteiger partial charge on any atom is -0.0614 e. The van der Waals surface area contributed by atoms with Gasteiger partial charge in [0.15, 0.2) is 0 Å². The van der Waals surface area contributed by atoms with Crippen molar-refractivity contribution in [2.24, 2.45) is 0 Å². The monoisotopic (exact) mass is 158 g/mol. The van der Waals surface area contributed by atoms with Gasteiger partial charge >= 0.3 is 0 Å². The van der Waals surface area contributed by atoms with Gasteiger partial charge in [0.05, 0.1) is 0 Å². The Kier molecular flexibility index (Phi) is 1.18. The quantitative estimate of drug-likeness (QED) is 0.551. The van der Waals surface area contributed by atoms with E-state index in [1.165, 1.54) is 0 Å². The molecule has 0 N–H and O–H groups in total. The van der Waals surface area contributed by atoms with E-state index in [0.29, 0.717) is 0 Å². The van der Waals surface area contributed by atoms with Gasteiger partial charge in [0.2, 0.25) is 0 Å². The zero-order valence-electron chi connectivity index (χ0n) is 8.88. The molecule has 0 aliphatic carbocycles. The molecular weight excluding hydrogens is 144 g/mol. The van der Waals surface area contributed by atoms with E-state index in [4.69, 9.17) is 2.74 Å². The van der Waals surface area contributed by atoms with Crippen LogP contribution >= 0.6 is 0 Å². The standard InChI is InChI=1S/C12H12/c1-9-5-3-7-11-8-4-6-10(2)12(9)11/h3-8H,1-2H3/i1D,2D. The Balaban J connectivity index is 2.81. The predicted molar refractivity (Wildman–Crippen MR) is 53.4 cm³/mol. The van der Waals surface area contributed by atoms with Crippen LogP contribution in [0.4, 0.5) is 0 Å². The molecule has 0 saturated heterocycles. The molecule has 0 heterocycles. The van der Waals surface area contributed by atoms with Crippen molar-refractivity contribution in [3.8, 4) is 0 Å². The van der Waals surface area contributed by atoms with E-state index in [-0.39, 0.29) is 13.8 Å². The van der Waals surface area contributed by atoms with Crippen LogP contribution in [-0.2, 0) is 0 Å². The first kappa shape index (κ1) is 5.36. The zero-order chi connectivity index (χ0) is 9.97. The van der Waals surface area contributed by atoms with E-state index < -0.39 is 0 Å². The summed E-state index contributed by atoms with van der Waals surface area (Å²) in [6.45, 7) is 0.572. The Bertz CT molecular complexity index is 410. The van der Waals surface area contributed by atoms with Gasteiger partial charge in [-0.15, -0.1) is 0 Å². The number of hydrogen-bond acceptors (Lipinski definition) is 0. The van der Waals surface area contributed by atoms with E-state index in [0.717, 1.165) is 21.9 Å². The Morgan fingerprint density at radius 3 is 2.00 bits per heavy atom. The van der Waals surface area contributed by atoms with Crippen molar-refractivity contribution in [1.29, 1.82) is 0 Å². The molecule has 0 aliphatic rings. The van der Waals surface area contributed by atoms with Crippen LogP contribution in [0.1, 0.15) is 13.9 Å². The summed E-state index contributed by atoms with van der Waals surface area (Å²) in [5, 5.41) is 2.24. The summed E-state index contributed by atoms with van der Waals surface area (Å²) < 4.78 is 14.9. The first-order valence-electron chi connectivity index (χ1n) is 5.36. The molecule has 0 unspecified atom stereocenters. The molecule has 0 spiro atoms. The van der Waals surface area contributed by atoms with Crippen LogP contribution in [0.3, 0.4) is 0 Å². The number of aryl methyl sites for hydroxylation is 2. The van der Waals surface area contributed by atoms with Crippen LogP contribution < -0.4 is 0 Å². The lowest BCUT2D eigenvalue weighted by atomic mass is 10.0. The molecule has 0 amide bonds. The predicted octanol–water partition coefficient (Wildman–Crippen LogP) is 3.46. The summed E-state index contributed by atoms with van der Waals surface area (Å²) in [5.74, 6) is 0. The zero-order valence-corrected chi connectivity index (χ0v) is 6.88. The summed E-state index contributed by atoms with van der Waals surface area (Å²) in [5.41, 5.74) is 2.04. The minimum absolute atomic E-state index is 0.286. The van der Waals surface area contributed by atoms with Gasteiger partial charge in [-0.2, -0.15) is 0 Å². The van der Waals surface area contributed by atoms with Crippen LogP contribution in [-0.4, -0.2) is 0 Å². The third kappa shape index (κ3) is 1.00. The van der Waals surface area contributed by atoms with Gasteiger partial charge in [-0.05, 0) is 35.7 Å². The summed E-state index contributed by atoms with van der Waals surface area (Å²) in [7, 11) is 0. The third-order valence-corrected chi connectivity index (χ3v) is 2.08. The van der Waals surface area contributed by atoms with Gasteiger partial charge in [-0.1, -0.05) is 36.4 Å². The van der Waals surface area contributed by atoms with Crippen molar-refractivity contribution in [2.75, 3.05) is 0 Å². The van der Waals surface area contributed by atoms with Gasteiger partial charge < -0.3 is 0 Å². The largest absolute Gasteiger partial charge is 0.0614 e. The molecule has 0 radical (unpaired) electrons. The van der Waals surface area contributed by atoms with Gasteiger partial charge in [-0.25, -0.2) is 0 Å². The van der Waals surface area contributed by atoms with E-state index in [1.807, 2.05) is 36.4 Å². The molecular formula is C12H12. The molecule has 0 nitrogen and oxygen atoms in total. The Hall–Kier alpha value is -1.30. The molecule has 2 aromatic rings. The Morgan fingerprint density at radius 1 is 0.917 bits per heavy atom. The minimum atomic E-state index is 0.286. The maximum Gasteiger partial charge on any atom is 0.0280 e. The van der Waals surface area contributed by atoms with Crippen molar-refractivity contribution in [3.05, 3.63) is 47.5 Å². The molecule has 0 aliphatic heterocycles. The Labute approximate surface area is 75.7 Å². The highest BCUT2D eigenvalue weighted by molar-refractivity contribution is 5.88. The van der Waals surface area contributed by atoms with Crippen LogP contribution in [0.2, 0.25) is 0 Å². The number of hydrogen-bond donors (Lipinski definition) is 0. The average Bonchev–Trinajstić information content (AvgIpc) is 2.27. The van der Waals surface area contributed by atoms with Crippen LogP contribution in [0, 0.1) is 13.8 Å². The molecule has 0 saturated carbocycles. The summed E-state index contributed by atoms with van der Waals surface area (Å²) in [6, 6.07) is 11.9. The highest BCUT2D eigenvalue weighted by Gasteiger charge is 1.97. The molecule has 60 valence electrons. The fourth-order valence-corrected chi connectivity index (χ4v) is 1.50. The smallest absolute Gasteiger partial charge is 0.0280 e. The summed E-state index contributed by atoms with van der Waals surface area (Å²) in [4.78, 5) is 0. The number of rotatable bonds is 0. The second-order valence-corrected chi connectivity index (χ2v) is 2.93. The van der Waals surface area contributed by atoms with E-state index >= 15 is 0 Å². The van der Waals surface area contributed by atoms with Crippen molar-refractivity contribution in [1.82, 2.24) is 0 Å². The lowest BCUT2D eigenvalue weighted by Crippen LogP contribution is -1.81. The maximum absolute atomic E-state index is 7.44. The molecule has 12 heavy (non-hydrogen) atoms. The third-order valence-electron chi connectivity index (χ3n) is 2.08. The molecule has 2 rings (SSSR count). The summed E-state index contributed by atoms with van der Waals surface area (Å²) in [6.07, 6.45) is 0. The fourth-order valence-electron chi connectivity index (χ4n) is 1.50. The second kappa shape index (κ2) is 2.63. The van der Waals surface area contributed by atoms with E-state index in [1.54, 1.807) is 0 Å². The topological polar surface area (TPSA) is 0 Å². The van der Waals surface area contributed by atoms with Crippen LogP contribution in [0.15, 0.2) is 36.4 Å². The molecule has 0 aromatic heterocycles. The van der Waals surface area contributed by atoms with Crippen LogP contribution in [0.25, 0.3) is 10.8 Å². The molecule has 0 heteroatoms. The molecule has 0 fully saturated rings. The fraction of sp³-hybridized carbons (Fsp3) is 0.167. The van der Waals surface area contributed by atoms with Gasteiger partial charge in [-0.3, -0.25) is 0 Å². The van der Waals surface area contributed by atoms with Gasteiger partial charge in [0.25, 0.3) is 0 Å². The average molecular weight is 158 g/mol. The van der Waals surface area contributed by atoms with Gasteiger partial charge in [0, 0.05) is 2.74 Å². The molecule has 0 atom stereocenters. The summed E-state index contributed by atoms with van der Waals surface area (Å²) >= 11 is 0. The number of fused-ring (bicyclic) bond motifs is 1. The highest BCUT2D eigenvalue weighted by Crippen LogP contribution is 2.21. The normalized spacial score (nSPS) is 12.7. The second-order valence-electron chi connectivity index (χ2n) is 2.93. The highest BCUT2D eigenvalue weighted by atomic mass is 14.0. The van der Waals surface area contributed by atoms with Gasteiger partial charge in [0.1, 0.15) is 0 Å². The SMILES string of the molecule is [2H]Cc1cccc2cccc(C[2H])c12. The van der Waals surface area contributed by atoms with Crippen LogP contribution in [0.5, 0.6) is 0 Å². The maximum atomic E-state index is 7.44. The van der Waals surface area contributed by atoms with E-state index in [2.05, 4.69) is 0 Å². The lowest BCUT2D eigenvalue weighted by Gasteiger charge is -2.04. The van der Waals surface area contributed by atoms with Crippen molar-refractivity contribution >= 4 is 10.8 Å². The van der Waals surface area contributed by atoms with Crippen molar-refractivity contribution in [3.63, 3.8) is 0 Å².